The molecule has 0 aliphatic carbocycles. The van der Waals surface area contributed by atoms with Gasteiger partial charge < -0.3 is 14.8 Å². The maximum atomic E-state index is 12.4. The quantitative estimate of drug-likeness (QED) is 0.483. The van der Waals surface area contributed by atoms with E-state index in [1.54, 1.807) is 50.4 Å². The molecule has 1 atom stereocenters. The first kappa shape index (κ1) is 25.2. The molecule has 0 radical (unpaired) electrons. The average molecular weight is 459 g/mol. The summed E-state index contributed by atoms with van der Waals surface area (Å²) in [4.78, 5) is 12.4. The van der Waals surface area contributed by atoms with Crippen LogP contribution in [0.5, 0.6) is 11.5 Å². The summed E-state index contributed by atoms with van der Waals surface area (Å²) in [6.07, 6.45) is 3.17. The van der Waals surface area contributed by atoms with E-state index in [9.17, 15) is 13.2 Å². The predicted octanol–water partition coefficient (Wildman–Crippen LogP) is 3.93. The van der Waals surface area contributed by atoms with Gasteiger partial charge in [-0.25, -0.2) is 8.42 Å². The van der Waals surface area contributed by atoms with Gasteiger partial charge in [0.05, 0.1) is 37.1 Å². The minimum absolute atomic E-state index is 0.265. The zero-order chi connectivity index (χ0) is 23.6. The van der Waals surface area contributed by atoms with E-state index in [-0.39, 0.29) is 5.75 Å². The lowest BCUT2D eigenvalue weighted by atomic mass is 10.1. The molecule has 7 nitrogen and oxygen atoms in total. The third-order valence-corrected chi connectivity index (χ3v) is 6.37. The summed E-state index contributed by atoms with van der Waals surface area (Å²) in [6.45, 7) is 4.51. The summed E-state index contributed by atoms with van der Waals surface area (Å²) in [6, 6.07) is 13.2. The number of nitriles is 1. The Bertz CT molecular complexity index is 1040. The van der Waals surface area contributed by atoms with Crippen molar-refractivity contribution in [2.45, 2.75) is 44.9 Å². The van der Waals surface area contributed by atoms with Gasteiger partial charge in [0.25, 0.3) is 0 Å². The lowest BCUT2D eigenvalue weighted by molar-refractivity contribution is -0.119. The van der Waals surface area contributed by atoms with Gasteiger partial charge in [-0.15, -0.1) is 0 Å². The van der Waals surface area contributed by atoms with Gasteiger partial charge in [-0.3, -0.25) is 4.79 Å². The summed E-state index contributed by atoms with van der Waals surface area (Å²) < 4.78 is 36.0. The van der Waals surface area contributed by atoms with E-state index in [1.165, 1.54) is 0 Å². The largest absolute Gasteiger partial charge is 0.493 e. The number of nitrogens with one attached hydrogen (secondary N) is 1. The Labute approximate surface area is 190 Å². The molecule has 1 N–H and O–H groups in total. The van der Waals surface area contributed by atoms with Crippen LogP contribution in [0, 0.1) is 11.3 Å². The fraction of sp³-hybridized carbons (Fsp3) is 0.417. The second-order valence-corrected chi connectivity index (χ2v) is 9.66. The molecule has 0 heterocycles. The lowest BCUT2D eigenvalue weighted by Crippen LogP contribution is -2.32. The molecule has 0 aliphatic heterocycles. The first-order valence-corrected chi connectivity index (χ1v) is 12.4. The molecule has 0 spiro atoms. The van der Waals surface area contributed by atoms with Gasteiger partial charge in [-0.2, -0.15) is 5.26 Å². The molecule has 2 aromatic rings. The van der Waals surface area contributed by atoms with Crippen LogP contribution in [0.15, 0.2) is 42.5 Å². The van der Waals surface area contributed by atoms with Crippen LogP contribution in [0.25, 0.3) is 0 Å². The molecule has 0 aliphatic rings. The van der Waals surface area contributed by atoms with Crippen molar-refractivity contribution in [3.63, 3.8) is 0 Å². The second-order valence-electron chi connectivity index (χ2n) is 7.60. The van der Waals surface area contributed by atoms with Crippen molar-refractivity contribution in [2.75, 3.05) is 19.5 Å². The molecular formula is C24H30N2O5S. The number of nitrogens with zero attached hydrogens (tertiary/aromatic N) is 1. The fourth-order valence-corrected chi connectivity index (χ4v) is 4.44. The van der Waals surface area contributed by atoms with E-state index in [2.05, 4.69) is 12.2 Å². The van der Waals surface area contributed by atoms with Gasteiger partial charge in [0.15, 0.2) is 21.3 Å². The zero-order valence-corrected chi connectivity index (χ0v) is 19.6. The van der Waals surface area contributed by atoms with Crippen molar-refractivity contribution < 1.29 is 22.7 Å². The number of amides is 1. The van der Waals surface area contributed by atoms with Gasteiger partial charge in [-0.05, 0) is 48.7 Å². The van der Waals surface area contributed by atoms with Crippen LogP contribution in [0.4, 0.5) is 0 Å². The maximum absolute atomic E-state index is 12.4. The molecule has 2 aromatic carbocycles. The zero-order valence-electron chi connectivity index (χ0n) is 18.8. The number of carbonyl (C=O) groups excluding carboxylic acids is 1. The van der Waals surface area contributed by atoms with Crippen molar-refractivity contribution in [3.8, 4) is 17.6 Å². The highest BCUT2D eigenvalue weighted by Crippen LogP contribution is 2.30. The Hall–Kier alpha value is -3.05. The Morgan fingerprint density at radius 1 is 1.12 bits per heavy atom. The van der Waals surface area contributed by atoms with Crippen molar-refractivity contribution in [1.82, 2.24) is 5.32 Å². The van der Waals surface area contributed by atoms with Crippen molar-refractivity contribution in [3.05, 3.63) is 59.2 Å². The van der Waals surface area contributed by atoms with Crippen LogP contribution >= 0.6 is 0 Å². The molecule has 0 aromatic heterocycles. The van der Waals surface area contributed by atoms with Crippen LogP contribution in [-0.2, 0) is 20.4 Å². The molecule has 0 saturated heterocycles. The summed E-state index contributed by atoms with van der Waals surface area (Å²) in [5.41, 5.74) is 1.76. The minimum Gasteiger partial charge on any atom is -0.493 e. The average Bonchev–Trinajstić information content (AvgIpc) is 2.76. The summed E-state index contributed by atoms with van der Waals surface area (Å²) in [5, 5.41) is 11.6. The van der Waals surface area contributed by atoms with Crippen LogP contribution in [0.3, 0.4) is 0 Å². The number of ether oxygens (including phenoxy) is 2. The molecule has 1 unspecified atom stereocenters. The van der Waals surface area contributed by atoms with Crippen LogP contribution in [-0.4, -0.2) is 33.8 Å². The summed E-state index contributed by atoms with van der Waals surface area (Å²) in [5.74, 6) is -0.264. The monoisotopic (exact) mass is 458 g/mol. The number of sulfone groups is 1. The Morgan fingerprint density at radius 2 is 1.84 bits per heavy atom. The van der Waals surface area contributed by atoms with Crippen LogP contribution in [0.1, 0.15) is 55.8 Å². The van der Waals surface area contributed by atoms with Gasteiger partial charge in [0.2, 0.25) is 5.91 Å². The summed E-state index contributed by atoms with van der Waals surface area (Å²) >= 11 is 0. The molecule has 0 saturated carbocycles. The number of hydrogen-bond acceptors (Lipinski definition) is 6. The molecule has 2 rings (SSSR count). The first-order valence-electron chi connectivity index (χ1n) is 10.6. The second kappa shape index (κ2) is 12.1. The van der Waals surface area contributed by atoms with Gasteiger partial charge in [-0.1, -0.05) is 38.0 Å². The number of carbonyl (C=O) groups is 1. The molecule has 8 heteroatoms. The van der Waals surface area contributed by atoms with E-state index in [0.717, 1.165) is 24.8 Å². The Morgan fingerprint density at radius 3 is 2.47 bits per heavy atom. The van der Waals surface area contributed by atoms with Crippen molar-refractivity contribution >= 4 is 15.7 Å². The predicted molar refractivity (Wildman–Crippen MR) is 123 cm³/mol. The van der Waals surface area contributed by atoms with Crippen molar-refractivity contribution in [1.29, 1.82) is 5.26 Å². The Kier molecular flexibility index (Phi) is 9.54. The van der Waals surface area contributed by atoms with Gasteiger partial charge in [0, 0.05) is 0 Å². The highest BCUT2D eigenvalue weighted by molar-refractivity contribution is 7.91. The molecule has 0 bridgehead atoms. The van der Waals surface area contributed by atoms with E-state index in [0.29, 0.717) is 29.2 Å². The third kappa shape index (κ3) is 7.89. The maximum Gasteiger partial charge on any atom is 0.235 e. The first-order chi connectivity index (χ1) is 15.3. The van der Waals surface area contributed by atoms with Gasteiger partial charge in [0.1, 0.15) is 5.75 Å². The number of rotatable bonds is 12. The van der Waals surface area contributed by atoms with E-state index < -0.39 is 27.5 Å². The Balaban J connectivity index is 1.96. The highest BCUT2D eigenvalue weighted by Gasteiger charge is 2.20. The molecule has 1 amide bonds. The number of unbranched alkanes of at least 4 members (excludes halogenated alkanes) is 2. The lowest BCUT2D eigenvalue weighted by Gasteiger charge is -2.17. The fourth-order valence-electron chi connectivity index (χ4n) is 3.15. The van der Waals surface area contributed by atoms with Crippen molar-refractivity contribution in [2.24, 2.45) is 0 Å². The number of benzene rings is 2. The molecule has 172 valence electrons. The van der Waals surface area contributed by atoms with E-state index >= 15 is 0 Å². The van der Waals surface area contributed by atoms with E-state index in [1.807, 2.05) is 12.1 Å². The normalized spacial score (nSPS) is 11.9. The van der Waals surface area contributed by atoms with Gasteiger partial charge >= 0.3 is 0 Å². The van der Waals surface area contributed by atoms with Crippen LogP contribution < -0.4 is 14.8 Å². The van der Waals surface area contributed by atoms with Crippen LogP contribution in [0.2, 0.25) is 0 Å². The third-order valence-electron chi connectivity index (χ3n) is 4.89. The number of methoxy groups -OCH3 is 1. The summed E-state index contributed by atoms with van der Waals surface area (Å²) in [7, 11) is -2.10. The molecular weight excluding hydrogens is 428 g/mol. The number of hydrogen-bond donors (Lipinski definition) is 1. The van der Waals surface area contributed by atoms with E-state index in [4.69, 9.17) is 14.7 Å². The smallest absolute Gasteiger partial charge is 0.235 e. The molecule has 0 fully saturated rings. The SMILES string of the molecule is CCCCCOc1ccc(C(C)NC(=O)CS(=O)(=O)Cc2ccc(C#N)cc2)cc1OC. The minimum atomic E-state index is -3.66. The standard InChI is InChI=1S/C24H30N2O5S/c1-4-5-6-13-31-22-12-11-21(14-23(22)30-3)18(2)26-24(27)17-32(28,29)16-20-9-7-19(15-25)8-10-20/h7-12,14,18H,4-6,13,16-17H2,1-3H3,(H,26,27). The topological polar surface area (TPSA) is 105 Å². The molecule has 32 heavy (non-hydrogen) atoms. The highest BCUT2D eigenvalue weighted by atomic mass is 32.2.